The lowest BCUT2D eigenvalue weighted by Crippen LogP contribution is -2.53. The van der Waals surface area contributed by atoms with Gasteiger partial charge in [-0.1, -0.05) is 11.6 Å². The van der Waals surface area contributed by atoms with Crippen LogP contribution in [0.2, 0.25) is 5.02 Å². The maximum Gasteiger partial charge on any atom is 0.0991 e. The molecule has 1 aliphatic heterocycles. The van der Waals surface area contributed by atoms with Crippen LogP contribution in [-0.4, -0.2) is 17.2 Å². The molecule has 1 aromatic rings. The quantitative estimate of drug-likeness (QED) is 0.739. The molecule has 2 atom stereocenters. The van der Waals surface area contributed by atoms with Crippen LogP contribution in [0.1, 0.15) is 5.69 Å². The first-order chi connectivity index (χ1) is 7.13. The summed E-state index contributed by atoms with van der Waals surface area (Å²) >= 11 is 5.75. The molecule has 0 fully saturated rings. The predicted molar refractivity (Wildman–Crippen MR) is 60.7 cm³/mol. The molecule has 15 heavy (non-hydrogen) atoms. The van der Waals surface area contributed by atoms with Crippen LogP contribution in [0.5, 0.6) is 0 Å². The zero-order valence-electron chi connectivity index (χ0n) is 7.97. The minimum atomic E-state index is -0.799. The second-order valence-corrected chi connectivity index (χ2v) is 3.87. The van der Waals surface area contributed by atoms with E-state index in [9.17, 15) is 0 Å². The zero-order chi connectivity index (χ0) is 10.9. The van der Waals surface area contributed by atoms with Crippen molar-refractivity contribution in [3.8, 4) is 0 Å². The number of pyridine rings is 1. The van der Waals surface area contributed by atoms with Crippen molar-refractivity contribution in [1.29, 1.82) is 0 Å². The standard InChI is InChI=1S/C10H11ClN4/c11-7-1-2-9(15-5-7)10(13)3-4-14-6-8(10)12/h1-6,8H,12-13H2. The van der Waals surface area contributed by atoms with Crippen LogP contribution in [0.3, 0.4) is 0 Å². The van der Waals surface area contributed by atoms with Gasteiger partial charge in [0, 0.05) is 18.6 Å². The van der Waals surface area contributed by atoms with Crippen molar-refractivity contribution in [3.05, 3.63) is 41.3 Å². The fourth-order valence-electron chi connectivity index (χ4n) is 1.43. The zero-order valence-corrected chi connectivity index (χ0v) is 8.72. The molecule has 4 nitrogen and oxygen atoms in total. The summed E-state index contributed by atoms with van der Waals surface area (Å²) in [5, 5.41) is 0.573. The van der Waals surface area contributed by atoms with Crippen molar-refractivity contribution in [1.82, 2.24) is 4.98 Å². The number of nitrogens with two attached hydrogens (primary N) is 2. The Morgan fingerprint density at radius 2 is 2.20 bits per heavy atom. The van der Waals surface area contributed by atoms with Crippen LogP contribution in [0.15, 0.2) is 35.6 Å². The van der Waals surface area contributed by atoms with E-state index >= 15 is 0 Å². The van der Waals surface area contributed by atoms with Gasteiger partial charge in [0.1, 0.15) is 0 Å². The molecule has 0 bridgehead atoms. The van der Waals surface area contributed by atoms with E-state index in [1.54, 1.807) is 36.8 Å². The van der Waals surface area contributed by atoms with Gasteiger partial charge in [0.25, 0.3) is 0 Å². The maximum atomic E-state index is 6.17. The van der Waals surface area contributed by atoms with E-state index in [0.717, 1.165) is 0 Å². The van der Waals surface area contributed by atoms with E-state index in [0.29, 0.717) is 10.7 Å². The molecule has 2 rings (SSSR count). The van der Waals surface area contributed by atoms with Crippen LogP contribution in [0.4, 0.5) is 0 Å². The number of aromatic nitrogens is 1. The van der Waals surface area contributed by atoms with Crippen molar-refractivity contribution in [2.75, 3.05) is 0 Å². The largest absolute Gasteiger partial charge is 0.321 e. The highest BCUT2D eigenvalue weighted by Gasteiger charge is 2.33. The van der Waals surface area contributed by atoms with Gasteiger partial charge in [-0.2, -0.15) is 0 Å². The lowest BCUT2D eigenvalue weighted by Gasteiger charge is -2.30. The lowest BCUT2D eigenvalue weighted by molar-refractivity contribution is 0.501. The summed E-state index contributed by atoms with van der Waals surface area (Å²) in [4.78, 5) is 8.11. The molecule has 0 radical (unpaired) electrons. The normalized spacial score (nSPS) is 29.4. The number of nitrogens with zero attached hydrogens (tertiary/aromatic N) is 2. The lowest BCUT2D eigenvalue weighted by atomic mass is 9.87. The number of rotatable bonds is 1. The smallest absolute Gasteiger partial charge is 0.0991 e. The Morgan fingerprint density at radius 3 is 2.80 bits per heavy atom. The van der Waals surface area contributed by atoms with Crippen molar-refractivity contribution in [2.45, 2.75) is 11.6 Å². The van der Waals surface area contributed by atoms with E-state index in [2.05, 4.69) is 9.98 Å². The summed E-state index contributed by atoms with van der Waals surface area (Å²) in [6, 6.07) is 3.13. The van der Waals surface area contributed by atoms with Crippen molar-refractivity contribution >= 4 is 17.8 Å². The maximum absolute atomic E-state index is 6.17. The number of hydrogen-bond acceptors (Lipinski definition) is 4. The Balaban J connectivity index is 2.41. The molecule has 78 valence electrons. The van der Waals surface area contributed by atoms with Gasteiger partial charge < -0.3 is 11.5 Å². The Labute approximate surface area is 92.7 Å². The first-order valence-corrected chi connectivity index (χ1v) is 4.88. The van der Waals surface area contributed by atoms with Crippen LogP contribution < -0.4 is 11.5 Å². The summed E-state index contributed by atoms with van der Waals surface area (Å²) in [7, 11) is 0. The van der Waals surface area contributed by atoms with Gasteiger partial charge in [-0.15, -0.1) is 0 Å². The number of aliphatic imine (C=N–C) groups is 1. The van der Waals surface area contributed by atoms with Crippen LogP contribution in [-0.2, 0) is 5.54 Å². The Morgan fingerprint density at radius 1 is 1.40 bits per heavy atom. The van der Waals surface area contributed by atoms with E-state index in [-0.39, 0.29) is 6.04 Å². The van der Waals surface area contributed by atoms with Gasteiger partial charge in [0.05, 0.1) is 22.3 Å². The second-order valence-electron chi connectivity index (χ2n) is 3.43. The molecule has 0 amide bonds. The Hall–Kier alpha value is -1.23. The van der Waals surface area contributed by atoms with E-state index < -0.39 is 5.54 Å². The Bertz CT molecular complexity index is 412. The predicted octanol–water partition coefficient (Wildman–Crippen LogP) is 0.814. The van der Waals surface area contributed by atoms with Crippen molar-refractivity contribution in [2.24, 2.45) is 16.5 Å². The molecule has 2 unspecified atom stereocenters. The summed E-state index contributed by atoms with van der Waals surface area (Å²) < 4.78 is 0. The van der Waals surface area contributed by atoms with E-state index in [4.69, 9.17) is 23.1 Å². The summed E-state index contributed by atoms with van der Waals surface area (Å²) in [5.74, 6) is 0. The first kappa shape index (κ1) is 10.3. The minimum Gasteiger partial charge on any atom is -0.321 e. The first-order valence-electron chi connectivity index (χ1n) is 4.50. The summed E-state index contributed by atoms with van der Waals surface area (Å²) in [6.45, 7) is 0. The van der Waals surface area contributed by atoms with Crippen molar-refractivity contribution in [3.63, 3.8) is 0 Å². The van der Waals surface area contributed by atoms with Crippen molar-refractivity contribution < 1.29 is 0 Å². The molecule has 5 heteroatoms. The van der Waals surface area contributed by atoms with Gasteiger partial charge >= 0.3 is 0 Å². The molecule has 0 aromatic carbocycles. The third-order valence-electron chi connectivity index (χ3n) is 2.41. The summed E-state index contributed by atoms with van der Waals surface area (Å²) in [5.41, 5.74) is 11.9. The fourth-order valence-corrected chi connectivity index (χ4v) is 1.54. The molecule has 1 aromatic heterocycles. The molecule has 1 aliphatic rings. The van der Waals surface area contributed by atoms with Gasteiger partial charge in [-0.05, 0) is 18.2 Å². The highest BCUT2D eigenvalue weighted by Crippen LogP contribution is 2.23. The van der Waals surface area contributed by atoms with E-state index in [1.165, 1.54) is 0 Å². The molecule has 0 spiro atoms. The molecule has 0 aliphatic carbocycles. The van der Waals surface area contributed by atoms with Crippen LogP contribution >= 0.6 is 11.6 Å². The monoisotopic (exact) mass is 222 g/mol. The third-order valence-corrected chi connectivity index (χ3v) is 2.63. The second kappa shape index (κ2) is 3.73. The molecule has 0 saturated heterocycles. The molecule has 4 N–H and O–H groups in total. The topological polar surface area (TPSA) is 77.3 Å². The minimum absolute atomic E-state index is 0.379. The average Bonchev–Trinajstić information content (AvgIpc) is 2.23. The third kappa shape index (κ3) is 1.79. The molecular formula is C10H11ClN4. The van der Waals surface area contributed by atoms with Gasteiger partial charge in [0.2, 0.25) is 0 Å². The van der Waals surface area contributed by atoms with E-state index in [1.807, 2.05) is 0 Å². The van der Waals surface area contributed by atoms with Gasteiger partial charge in [0.15, 0.2) is 0 Å². The Kier molecular flexibility index (Phi) is 2.56. The molecule has 2 heterocycles. The molecule has 0 saturated carbocycles. The highest BCUT2D eigenvalue weighted by molar-refractivity contribution is 6.30. The highest BCUT2D eigenvalue weighted by atomic mass is 35.5. The SMILES string of the molecule is NC1C=NC=CC1(N)c1ccc(Cl)cn1. The van der Waals surface area contributed by atoms with Crippen LogP contribution in [0, 0.1) is 0 Å². The molecular weight excluding hydrogens is 212 g/mol. The number of hydrogen-bond donors (Lipinski definition) is 2. The average molecular weight is 223 g/mol. The number of halogens is 1. The fraction of sp³-hybridized carbons (Fsp3) is 0.200. The summed E-state index contributed by atoms with van der Waals surface area (Å²) in [6.07, 6.45) is 6.53. The van der Waals surface area contributed by atoms with Crippen LogP contribution in [0.25, 0.3) is 0 Å². The van der Waals surface area contributed by atoms with Gasteiger partial charge in [-0.25, -0.2) is 0 Å². The van der Waals surface area contributed by atoms with Gasteiger partial charge in [-0.3, -0.25) is 9.98 Å².